The van der Waals surface area contributed by atoms with E-state index >= 15 is 0 Å². The summed E-state index contributed by atoms with van der Waals surface area (Å²) in [6.07, 6.45) is 0.371. The van der Waals surface area contributed by atoms with Crippen LogP contribution in [0.4, 0.5) is 16.2 Å². The average molecular weight is 529 g/mol. The Bertz CT molecular complexity index is 1340. The normalized spacial score (nSPS) is 15.9. The largest absolute Gasteiger partial charge is 0.480 e. The highest BCUT2D eigenvalue weighted by molar-refractivity contribution is 6.00. The number of carbonyl (C=O) groups is 4. The molecule has 0 radical (unpaired) electrons. The highest BCUT2D eigenvalue weighted by atomic mass is 16.4. The summed E-state index contributed by atoms with van der Waals surface area (Å²) in [5.74, 6) is -1.67. The van der Waals surface area contributed by atoms with Gasteiger partial charge in [0.2, 0.25) is 11.8 Å². The Morgan fingerprint density at radius 3 is 2.23 bits per heavy atom. The first-order chi connectivity index (χ1) is 18.7. The highest BCUT2D eigenvalue weighted by Gasteiger charge is 2.40. The minimum Gasteiger partial charge on any atom is -0.480 e. The van der Waals surface area contributed by atoms with Gasteiger partial charge in [0.1, 0.15) is 12.1 Å². The molecule has 1 fully saturated rings. The van der Waals surface area contributed by atoms with Crippen molar-refractivity contribution in [2.24, 2.45) is 0 Å². The van der Waals surface area contributed by atoms with Gasteiger partial charge in [0.05, 0.1) is 6.42 Å². The van der Waals surface area contributed by atoms with E-state index in [0.29, 0.717) is 12.1 Å². The summed E-state index contributed by atoms with van der Waals surface area (Å²) in [4.78, 5) is 53.6. The zero-order valence-electron chi connectivity index (χ0n) is 22.0. The van der Waals surface area contributed by atoms with E-state index in [2.05, 4.69) is 10.6 Å². The maximum absolute atomic E-state index is 13.4. The predicted molar refractivity (Wildman–Crippen MR) is 148 cm³/mol. The molecule has 1 saturated heterocycles. The molecule has 9 heteroatoms. The van der Waals surface area contributed by atoms with Gasteiger partial charge < -0.3 is 25.5 Å². The molecule has 3 aromatic rings. The van der Waals surface area contributed by atoms with Crippen molar-refractivity contribution in [2.75, 3.05) is 23.7 Å². The summed E-state index contributed by atoms with van der Waals surface area (Å²) < 4.78 is 0. The summed E-state index contributed by atoms with van der Waals surface area (Å²) >= 11 is 0. The van der Waals surface area contributed by atoms with Gasteiger partial charge in [-0.1, -0.05) is 60.7 Å². The lowest BCUT2D eigenvalue weighted by Gasteiger charge is -2.42. The van der Waals surface area contributed by atoms with E-state index in [0.717, 1.165) is 22.4 Å². The number of carboxylic acids is 1. The summed E-state index contributed by atoms with van der Waals surface area (Å²) in [6, 6.07) is 21.7. The molecule has 3 aromatic carbocycles. The number of benzene rings is 3. The summed E-state index contributed by atoms with van der Waals surface area (Å²) in [7, 11) is 0. The molecule has 0 spiro atoms. The van der Waals surface area contributed by atoms with E-state index in [1.807, 2.05) is 61.5 Å². The number of hydrogen-bond donors (Lipinski definition) is 3. The van der Waals surface area contributed by atoms with Gasteiger partial charge in [-0.2, -0.15) is 0 Å². The molecule has 39 heavy (non-hydrogen) atoms. The van der Waals surface area contributed by atoms with Crippen LogP contribution in [0.25, 0.3) is 0 Å². The van der Waals surface area contributed by atoms with Crippen LogP contribution in [0.2, 0.25) is 0 Å². The van der Waals surface area contributed by atoms with Crippen molar-refractivity contribution in [2.45, 2.75) is 38.8 Å². The fourth-order valence-electron chi connectivity index (χ4n) is 4.64. The van der Waals surface area contributed by atoms with Crippen molar-refractivity contribution in [3.8, 4) is 0 Å². The molecule has 4 amide bonds. The second-order valence-corrected chi connectivity index (χ2v) is 9.61. The molecule has 3 N–H and O–H groups in total. The number of para-hydroxylation sites is 1. The predicted octanol–water partition coefficient (Wildman–Crippen LogP) is 3.94. The number of aryl methyl sites for hydroxylation is 1. The van der Waals surface area contributed by atoms with Crippen molar-refractivity contribution in [3.63, 3.8) is 0 Å². The van der Waals surface area contributed by atoms with Crippen LogP contribution < -0.4 is 10.6 Å². The van der Waals surface area contributed by atoms with Crippen LogP contribution in [0.5, 0.6) is 0 Å². The summed E-state index contributed by atoms with van der Waals surface area (Å²) in [5.41, 5.74) is 3.86. The van der Waals surface area contributed by atoms with Crippen LogP contribution in [0, 0.1) is 6.92 Å². The fourth-order valence-corrected chi connectivity index (χ4v) is 4.64. The summed E-state index contributed by atoms with van der Waals surface area (Å²) in [6.45, 7) is 3.79. The lowest BCUT2D eigenvalue weighted by molar-refractivity contribution is -0.159. The lowest BCUT2D eigenvalue weighted by Crippen LogP contribution is -2.62. The number of carbonyl (C=O) groups excluding carboxylic acids is 3. The van der Waals surface area contributed by atoms with Crippen LogP contribution in [-0.4, -0.2) is 63.9 Å². The lowest BCUT2D eigenvalue weighted by atomic mass is 9.99. The number of nitrogens with zero attached hydrogens (tertiary/aromatic N) is 2. The molecule has 1 aliphatic heterocycles. The second kappa shape index (κ2) is 12.3. The summed E-state index contributed by atoms with van der Waals surface area (Å²) in [5, 5.41) is 15.1. The van der Waals surface area contributed by atoms with Gasteiger partial charge in [0, 0.05) is 30.9 Å². The first-order valence-corrected chi connectivity index (χ1v) is 12.8. The number of amides is 4. The van der Waals surface area contributed by atoms with E-state index in [1.165, 1.54) is 11.8 Å². The van der Waals surface area contributed by atoms with E-state index < -0.39 is 18.1 Å². The van der Waals surface area contributed by atoms with E-state index in [-0.39, 0.29) is 37.4 Å². The van der Waals surface area contributed by atoms with E-state index in [4.69, 9.17) is 0 Å². The van der Waals surface area contributed by atoms with Crippen LogP contribution in [-0.2, 0) is 27.2 Å². The Hall–Kier alpha value is -4.66. The Labute approximate surface area is 227 Å². The molecule has 0 aromatic heterocycles. The molecular weight excluding hydrogens is 496 g/mol. The zero-order valence-corrected chi connectivity index (χ0v) is 22.0. The Kier molecular flexibility index (Phi) is 8.60. The van der Waals surface area contributed by atoms with Crippen molar-refractivity contribution >= 4 is 35.2 Å². The van der Waals surface area contributed by atoms with Gasteiger partial charge in [-0.3, -0.25) is 9.59 Å². The van der Waals surface area contributed by atoms with Crippen molar-refractivity contribution in [1.29, 1.82) is 0 Å². The molecule has 1 aliphatic rings. The number of rotatable bonds is 8. The Balaban J connectivity index is 1.42. The smallest absolute Gasteiger partial charge is 0.326 e. The molecule has 0 aliphatic carbocycles. The van der Waals surface area contributed by atoms with Crippen LogP contribution >= 0.6 is 0 Å². The van der Waals surface area contributed by atoms with Gasteiger partial charge in [-0.15, -0.1) is 0 Å². The first-order valence-electron chi connectivity index (χ1n) is 12.8. The number of aliphatic carboxylic acids is 1. The maximum atomic E-state index is 13.4. The molecule has 2 atom stereocenters. The van der Waals surface area contributed by atoms with Gasteiger partial charge >= 0.3 is 12.0 Å². The monoisotopic (exact) mass is 528 g/mol. The quantitative estimate of drug-likeness (QED) is 0.409. The van der Waals surface area contributed by atoms with Gasteiger partial charge in [0.25, 0.3) is 0 Å². The van der Waals surface area contributed by atoms with Crippen LogP contribution in [0.3, 0.4) is 0 Å². The molecule has 9 nitrogen and oxygen atoms in total. The molecule has 0 bridgehead atoms. The second-order valence-electron chi connectivity index (χ2n) is 9.61. The van der Waals surface area contributed by atoms with Crippen molar-refractivity contribution < 1.29 is 24.3 Å². The number of carboxylic acid groups (broad SMARTS) is 1. The fraction of sp³-hybridized carbons (Fsp3) is 0.267. The SMILES string of the molecule is Cc1ccccc1NC(=O)Nc1ccc(CC(=O)N2CCN(C(C)C(=O)O)C(=O)C2Cc2ccccc2)cc1. The van der Waals surface area contributed by atoms with Gasteiger partial charge in [-0.05, 0) is 48.7 Å². The van der Waals surface area contributed by atoms with Gasteiger partial charge in [0.15, 0.2) is 0 Å². The zero-order chi connectivity index (χ0) is 27.9. The average Bonchev–Trinajstić information content (AvgIpc) is 2.92. The minimum absolute atomic E-state index is 0.0722. The third-order valence-electron chi connectivity index (χ3n) is 6.90. The van der Waals surface area contributed by atoms with Crippen molar-refractivity contribution in [3.05, 3.63) is 95.6 Å². The van der Waals surface area contributed by atoms with E-state index in [9.17, 15) is 24.3 Å². The standard InChI is InChI=1S/C30H32N4O5/c1-20-8-6-7-11-25(20)32-30(39)31-24-14-12-23(13-15-24)19-27(35)34-17-16-33(21(2)29(37)38)28(36)26(34)18-22-9-4-3-5-10-22/h3-15,21,26H,16-19H2,1-2H3,(H,37,38)(H2,31,32,39). The van der Waals surface area contributed by atoms with E-state index in [1.54, 1.807) is 29.2 Å². The number of urea groups is 1. The van der Waals surface area contributed by atoms with Crippen molar-refractivity contribution in [1.82, 2.24) is 9.80 Å². The number of hydrogen-bond acceptors (Lipinski definition) is 4. The maximum Gasteiger partial charge on any atom is 0.326 e. The molecule has 0 saturated carbocycles. The topological polar surface area (TPSA) is 119 Å². The number of nitrogens with one attached hydrogen (secondary N) is 2. The Morgan fingerprint density at radius 1 is 0.897 bits per heavy atom. The number of anilines is 2. The molecule has 1 heterocycles. The van der Waals surface area contributed by atoms with Crippen LogP contribution in [0.1, 0.15) is 23.6 Å². The third-order valence-corrected chi connectivity index (χ3v) is 6.90. The van der Waals surface area contributed by atoms with Crippen LogP contribution in [0.15, 0.2) is 78.9 Å². The molecule has 202 valence electrons. The Morgan fingerprint density at radius 2 is 1.56 bits per heavy atom. The van der Waals surface area contributed by atoms with Gasteiger partial charge in [-0.25, -0.2) is 9.59 Å². The number of piperazine rings is 1. The molecule has 4 rings (SSSR count). The molecule has 2 unspecified atom stereocenters. The first kappa shape index (κ1) is 27.4. The molecular formula is C30H32N4O5. The third kappa shape index (κ3) is 6.81. The highest BCUT2D eigenvalue weighted by Crippen LogP contribution is 2.21. The minimum atomic E-state index is -1.08.